The lowest BCUT2D eigenvalue weighted by Crippen LogP contribution is -2.40. The number of nitrogens with zero attached hydrogens (tertiary/aromatic N) is 2. The van der Waals surface area contributed by atoms with E-state index in [0.717, 1.165) is 11.4 Å². The zero-order chi connectivity index (χ0) is 12.8. The highest BCUT2D eigenvalue weighted by molar-refractivity contribution is 5.73. The van der Waals surface area contributed by atoms with Crippen molar-refractivity contribution in [1.82, 2.24) is 9.88 Å². The Labute approximate surface area is 102 Å². The number of aromatic nitrogens is 1. The fraction of sp³-hybridized carbons (Fsp3) is 0.538. The van der Waals surface area contributed by atoms with Gasteiger partial charge in [0.2, 0.25) is 0 Å². The highest BCUT2D eigenvalue weighted by Crippen LogP contribution is 2.10. The minimum Gasteiger partial charge on any atom is -0.480 e. The molecule has 0 aliphatic heterocycles. The third-order valence-corrected chi connectivity index (χ3v) is 2.83. The molecule has 1 N–H and O–H groups in total. The first-order valence-corrected chi connectivity index (χ1v) is 5.97. The number of likely N-dealkylation sites (N-methyl/N-ethyl adjacent to an activating group) is 1. The second-order valence-corrected chi connectivity index (χ2v) is 4.10. The third-order valence-electron chi connectivity index (χ3n) is 2.83. The zero-order valence-corrected chi connectivity index (χ0v) is 10.7. The maximum Gasteiger partial charge on any atom is 0.320 e. The fourth-order valence-corrected chi connectivity index (χ4v) is 1.93. The average Bonchev–Trinajstić information content (AvgIpc) is 2.28. The lowest BCUT2D eigenvalue weighted by atomic mass is 10.1. The Kier molecular flexibility index (Phi) is 5.10. The van der Waals surface area contributed by atoms with Gasteiger partial charge in [-0.25, -0.2) is 0 Å². The van der Waals surface area contributed by atoms with Crippen LogP contribution in [-0.2, 0) is 11.3 Å². The number of aryl methyl sites for hydroxylation is 1. The monoisotopic (exact) mass is 236 g/mol. The number of pyridine rings is 1. The molecule has 4 heteroatoms. The smallest absolute Gasteiger partial charge is 0.320 e. The van der Waals surface area contributed by atoms with Crippen molar-refractivity contribution in [3.8, 4) is 0 Å². The van der Waals surface area contributed by atoms with E-state index in [2.05, 4.69) is 4.98 Å². The Balaban J connectivity index is 2.79. The fourth-order valence-electron chi connectivity index (χ4n) is 1.93. The van der Waals surface area contributed by atoms with Gasteiger partial charge in [-0.1, -0.05) is 19.9 Å². The Morgan fingerprint density at radius 3 is 2.65 bits per heavy atom. The van der Waals surface area contributed by atoms with Crippen LogP contribution in [0.1, 0.15) is 31.7 Å². The number of carboxylic acids is 1. The van der Waals surface area contributed by atoms with E-state index >= 15 is 0 Å². The van der Waals surface area contributed by atoms with Gasteiger partial charge in [-0.3, -0.25) is 14.7 Å². The van der Waals surface area contributed by atoms with Crippen LogP contribution >= 0.6 is 0 Å². The summed E-state index contributed by atoms with van der Waals surface area (Å²) in [5.41, 5.74) is 1.88. The molecule has 0 saturated carbocycles. The number of carbonyl (C=O) groups is 1. The number of hydrogen-bond donors (Lipinski definition) is 1. The molecule has 0 fully saturated rings. The van der Waals surface area contributed by atoms with Gasteiger partial charge in [-0.2, -0.15) is 0 Å². The predicted octanol–water partition coefficient (Wildman–Crippen LogP) is 2.08. The molecular weight excluding hydrogens is 216 g/mol. The van der Waals surface area contributed by atoms with Crippen LogP contribution in [0.2, 0.25) is 0 Å². The molecule has 0 radical (unpaired) electrons. The predicted molar refractivity (Wildman–Crippen MR) is 66.8 cm³/mol. The van der Waals surface area contributed by atoms with Gasteiger partial charge in [0.25, 0.3) is 0 Å². The first-order chi connectivity index (χ1) is 8.08. The summed E-state index contributed by atoms with van der Waals surface area (Å²) >= 11 is 0. The van der Waals surface area contributed by atoms with Crippen molar-refractivity contribution in [2.75, 3.05) is 6.54 Å². The molecule has 1 aromatic heterocycles. The van der Waals surface area contributed by atoms with Gasteiger partial charge >= 0.3 is 5.97 Å². The molecule has 94 valence electrons. The zero-order valence-electron chi connectivity index (χ0n) is 10.7. The molecule has 1 heterocycles. The highest BCUT2D eigenvalue weighted by Gasteiger charge is 2.22. The van der Waals surface area contributed by atoms with Gasteiger partial charge in [-0.05, 0) is 32.0 Å². The quantitative estimate of drug-likeness (QED) is 0.821. The van der Waals surface area contributed by atoms with E-state index in [4.69, 9.17) is 5.11 Å². The molecule has 4 nitrogen and oxygen atoms in total. The lowest BCUT2D eigenvalue weighted by Gasteiger charge is -2.26. The molecule has 0 amide bonds. The second-order valence-electron chi connectivity index (χ2n) is 4.10. The van der Waals surface area contributed by atoms with Gasteiger partial charge in [0.05, 0.1) is 5.69 Å². The van der Waals surface area contributed by atoms with E-state index in [1.54, 1.807) is 0 Å². The average molecular weight is 236 g/mol. The van der Waals surface area contributed by atoms with Gasteiger partial charge in [0.15, 0.2) is 0 Å². The maximum atomic E-state index is 11.1. The molecule has 0 aliphatic rings. The third kappa shape index (κ3) is 3.82. The van der Waals surface area contributed by atoms with Crippen LogP contribution in [0.15, 0.2) is 18.2 Å². The summed E-state index contributed by atoms with van der Waals surface area (Å²) < 4.78 is 0. The Hall–Kier alpha value is -1.42. The van der Waals surface area contributed by atoms with E-state index in [1.807, 2.05) is 43.9 Å². The topological polar surface area (TPSA) is 53.4 Å². The van der Waals surface area contributed by atoms with Crippen LogP contribution in [0.25, 0.3) is 0 Å². The van der Waals surface area contributed by atoms with Crippen LogP contribution in [-0.4, -0.2) is 33.5 Å². The van der Waals surface area contributed by atoms with Crippen LogP contribution in [0.3, 0.4) is 0 Å². The van der Waals surface area contributed by atoms with Crippen molar-refractivity contribution < 1.29 is 9.90 Å². The van der Waals surface area contributed by atoms with Crippen LogP contribution in [0, 0.1) is 6.92 Å². The molecule has 0 saturated heterocycles. The van der Waals surface area contributed by atoms with Gasteiger partial charge in [-0.15, -0.1) is 0 Å². The molecule has 1 rings (SSSR count). The van der Waals surface area contributed by atoms with Crippen molar-refractivity contribution in [3.63, 3.8) is 0 Å². The van der Waals surface area contributed by atoms with E-state index in [1.165, 1.54) is 0 Å². The minimum atomic E-state index is -0.762. The summed E-state index contributed by atoms with van der Waals surface area (Å²) in [6.45, 7) is 7.10. The standard InChI is InChI=1S/C13H20N2O2/c1-4-12(13(16)17)15(5-2)9-11-8-6-7-10(3)14-11/h6-8,12H,4-5,9H2,1-3H3,(H,16,17). The summed E-state index contributed by atoms with van der Waals surface area (Å²) in [5, 5.41) is 9.15. The largest absolute Gasteiger partial charge is 0.480 e. The SMILES string of the molecule is CCC(C(=O)O)N(CC)Cc1cccc(C)n1. The number of carboxylic acid groups (broad SMARTS) is 1. The van der Waals surface area contributed by atoms with E-state index in [9.17, 15) is 4.79 Å². The summed E-state index contributed by atoms with van der Waals surface area (Å²) in [7, 11) is 0. The molecule has 17 heavy (non-hydrogen) atoms. The minimum absolute atomic E-state index is 0.428. The molecular formula is C13H20N2O2. The Morgan fingerprint density at radius 2 is 2.18 bits per heavy atom. The molecule has 1 unspecified atom stereocenters. The van der Waals surface area contributed by atoms with E-state index in [0.29, 0.717) is 19.5 Å². The van der Waals surface area contributed by atoms with Gasteiger partial charge < -0.3 is 5.11 Å². The Bertz CT molecular complexity index is 379. The van der Waals surface area contributed by atoms with E-state index < -0.39 is 12.0 Å². The first-order valence-electron chi connectivity index (χ1n) is 5.97. The van der Waals surface area contributed by atoms with Crippen LogP contribution < -0.4 is 0 Å². The lowest BCUT2D eigenvalue weighted by molar-refractivity contribution is -0.143. The summed E-state index contributed by atoms with van der Waals surface area (Å²) in [6, 6.07) is 5.40. The van der Waals surface area contributed by atoms with Gasteiger partial charge in [0, 0.05) is 12.2 Å². The molecule has 1 aromatic rings. The molecule has 0 aromatic carbocycles. The molecule has 0 spiro atoms. The second kappa shape index (κ2) is 6.35. The van der Waals surface area contributed by atoms with Crippen molar-refractivity contribution in [2.24, 2.45) is 0 Å². The van der Waals surface area contributed by atoms with Crippen LogP contribution in [0.4, 0.5) is 0 Å². The summed E-state index contributed by atoms with van der Waals surface area (Å²) in [5.74, 6) is -0.762. The Morgan fingerprint density at radius 1 is 1.47 bits per heavy atom. The molecule has 0 bridgehead atoms. The summed E-state index contributed by atoms with van der Waals surface area (Å²) in [6.07, 6.45) is 0.606. The first kappa shape index (κ1) is 13.6. The van der Waals surface area contributed by atoms with Crippen molar-refractivity contribution >= 4 is 5.97 Å². The molecule has 0 aliphatic carbocycles. The maximum absolute atomic E-state index is 11.1. The van der Waals surface area contributed by atoms with Crippen molar-refractivity contribution in [2.45, 2.75) is 39.8 Å². The number of aliphatic carboxylic acids is 1. The molecule has 1 atom stereocenters. The summed E-state index contributed by atoms with van der Waals surface area (Å²) in [4.78, 5) is 17.5. The highest BCUT2D eigenvalue weighted by atomic mass is 16.4. The number of hydrogen-bond acceptors (Lipinski definition) is 3. The van der Waals surface area contributed by atoms with Crippen LogP contribution in [0.5, 0.6) is 0 Å². The van der Waals surface area contributed by atoms with E-state index in [-0.39, 0.29) is 0 Å². The van der Waals surface area contributed by atoms with Crippen molar-refractivity contribution in [3.05, 3.63) is 29.6 Å². The van der Waals surface area contributed by atoms with Gasteiger partial charge in [0.1, 0.15) is 6.04 Å². The number of rotatable bonds is 6. The normalized spacial score (nSPS) is 12.7. The van der Waals surface area contributed by atoms with Crippen molar-refractivity contribution in [1.29, 1.82) is 0 Å².